The lowest BCUT2D eigenvalue weighted by Gasteiger charge is -2.37. The van der Waals surface area contributed by atoms with Crippen molar-refractivity contribution in [2.24, 2.45) is 29.6 Å². The predicted molar refractivity (Wildman–Crippen MR) is 142 cm³/mol. The molecule has 0 heterocycles. The second kappa shape index (κ2) is 13.1. The average molecular weight is 485 g/mol. The van der Waals surface area contributed by atoms with Crippen molar-refractivity contribution in [1.82, 2.24) is 0 Å². The summed E-state index contributed by atoms with van der Waals surface area (Å²) in [6.45, 7) is 6.00. The molecule has 194 valence electrons. The number of benzene rings is 1. The molecule has 0 saturated heterocycles. The van der Waals surface area contributed by atoms with E-state index in [1.807, 2.05) is 0 Å². The van der Waals surface area contributed by atoms with Crippen LogP contribution in [0.2, 0.25) is 0 Å². The minimum Gasteiger partial charge on any atom is -0.491 e. The zero-order valence-corrected chi connectivity index (χ0v) is 21.8. The van der Waals surface area contributed by atoms with E-state index in [1.165, 1.54) is 64.2 Å². The first kappa shape index (κ1) is 26.4. The normalized spacial score (nSPS) is 32.0. The summed E-state index contributed by atoms with van der Waals surface area (Å²) in [5, 5.41) is 0. The molecule has 0 amide bonds. The monoisotopic (exact) mass is 484 g/mol. The van der Waals surface area contributed by atoms with Crippen LogP contribution in [0.25, 0.3) is 0 Å². The summed E-state index contributed by atoms with van der Waals surface area (Å²) < 4.78 is 34.1. The maximum atomic E-state index is 14.6. The molecule has 0 aromatic heterocycles. The summed E-state index contributed by atoms with van der Waals surface area (Å²) in [5.41, 5.74) is 0.529. The van der Waals surface area contributed by atoms with E-state index in [4.69, 9.17) is 4.74 Å². The highest BCUT2D eigenvalue weighted by atomic mass is 19.2. The number of rotatable bonds is 9. The minimum absolute atomic E-state index is 0.0243. The van der Waals surface area contributed by atoms with Gasteiger partial charge in [0.1, 0.15) is 0 Å². The van der Waals surface area contributed by atoms with Crippen molar-refractivity contribution in [1.29, 1.82) is 0 Å². The molecular formula is C32H46F2O. The maximum absolute atomic E-state index is 14.6. The fourth-order valence-electron chi connectivity index (χ4n) is 7.18. The van der Waals surface area contributed by atoms with Gasteiger partial charge in [0.2, 0.25) is 5.82 Å². The SMILES string of the molecule is C=CCCC1CCC(C2CCC(/C=C/C3CCC(c4ccc(OCC)c(F)c4F)CC3)CC2)CC1. The summed E-state index contributed by atoms with van der Waals surface area (Å²) >= 11 is 0. The molecule has 3 saturated carbocycles. The molecule has 3 aliphatic rings. The number of halogens is 2. The molecule has 0 radical (unpaired) electrons. The zero-order chi connectivity index (χ0) is 24.6. The highest BCUT2D eigenvalue weighted by molar-refractivity contribution is 5.33. The second-order valence-electron chi connectivity index (χ2n) is 11.5. The lowest BCUT2D eigenvalue weighted by molar-refractivity contribution is 0.153. The van der Waals surface area contributed by atoms with Crippen molar-refractivity contribution in [2.75, 3.05) is 6.61 Å². The standard InChI is InChI=1S/C32H46F2O/c1-3-5-6-23-9-15-26(16-10-23)27-17-11-24(12-18-27)7-8-25-13-19-28(20-14-25)29-21-22-30(35-4-2)32(34)31(29)33/h3,7-8,21-28H,1,4-6,9-20H2,2H3/b8-7+. The zero-order valence-electron chi connectivity index (χ0n) is 21.8. The van der Waals surface area contributed by atoms with Gasteiger partial charge in [-0.15, -0.1) is 6.58 Å². The van der Waals surface area contributed by atoms with Crippen LogP contribution in [0.15, 0.2) is 36.9 Å². The number of hydrogen-bond donors (Lipinski definition) is 0. The molecule has 3 heteroatoms. The fraction of sp³-hybridized carbons (Fsp3) is 0.688. The quantitative estimate of drug-likeness (QED) is 0.317. The van der Waals surface area contributed by atoms with E-state index in [0.717, 1.165) is 49.4 Å². The molecule has 1 aromatic rings. The molecule has 3 aliphatic carbocycles. The maximum Gasteiger partial charge on any atom is 0.200 e. The predicted octanol–water partition coefficient (Wildman–Crippen LogP) is 9.77. The van der Waals surface area contributed by atoms with Gasteiger partial charge < -0.3 is 4.74 Å². The van der Waals surface area contributed by atoms with Crippen LogP contribution in [0.5, 0.6) is 5.75 Å². The molecule has 1 nitrogen and oxygen atoms in total. The Hall–Kier alpha value is -1.64. The van der Waals surface area contributed by atoms with Gasteiger partial charge in [-0.25, -0.2) is 4.39 Å². The first-order chi connectivity index (χ1) is 17.1. The van der Waals surface area contributed by atoms with E-state index >= 15 is 0 Å². The van der Waals surface area contributed by atoms with Crippen LogP contribution in [-0.4, -0.2) is 6.61 Å². The first-order valence-corrected chi connectivity index (χ1v) is 14.5. The molecule has 4 rings (SSSR count). The molecular weight excluding hydrogens is 438 g/mol. The van der Waals surface area contributed by atoms with Crippen molar-refractivity contribution in [3.63, 3.8) is 0 Å². The third kappa shape index (κ3) is 6.98. The van der Waals surface area contributed by atoms with Gasteiger partial charge in [0.05, 0.1) is 6.61 Å². The fourth-order valence-corrected chi connectivity index (χ4v) is 7.18. The summed E-state index contributed by atoms with van der Waals surface area (Å²) in [6, 6.07) is 3.32. The van der Waals surface area contributed by atoms with E-state index in [1.54, 1.807) is 19.1 Å². The van der Waals surface area contributed by atoms with Crippen LogP contribution >= 0.6 is 0 Å². The summed E-state index contributed by atoms with van der Waals surface area (Å²) in [7, 11) is 0. The molecule has 3 fully saturated rings. The summed E-state index contributed by atoms with van der Waals surface area (Å²) in [6.07, 6.45) is 24.9. The van der Waals surface area contributed by atoms with Crippen LogP contribution in [0.3, 0.4) is 0 Å². The largest absolute Gasteiger partial charge is 0.491 e. The van der Waals surface area contributed by atoms with Crippen LogP contribution in [0.4, 0.5) is 8.78 Å². The van der Waals surface area contributed by atoms with Crippen LogP contribution < -0.4 is 4.74 Å². The Morgan fingerprint density at radius 3 is 1.94 bits per heavy atom. The Morgan fingerprint density at radius 2 is 1.37 bits per heavy atom. The topological polar surface area (TPSA) is 9.23 Å². The average Bonchev–Trinajstić information content (AvgIpc) is 2.90. The van der Waals surface area contributed by atoms with Crippen molar-refractivity contribution in [3.8, 4) is 5.75 Å². The van der Waals surface area contributed by atoms with E-state index in [-0.39, 0.29) is 11.7 Å². The molecule has 0 unspecified atom stereocenters. The molecule has 0 bridgehead atoms. The first-order valence-electron chi connectivity index (χ1n) is 14.5. The minimum atomic E-state index is -0.831. The van der Waals surface area contributed by atoms with Gasteiger partial charge >= 0.3 is 0 Å². The van der Waals surface area contributed by atoms with Gasteiger partial charge in [-0.05, 0) is 131 Å². The highest BCUT2D eigenvalue weighted by Gasteiger charge is 2.30. The Bertz CT molecular complexity index is 822. The van der Waals surface area contributed by atoms with Crippen LogP contribution in [-0.2, 0) is 0 Å². The molecule has 0 atom stereocenters. The van der Waals surface area contributed by atoms with Gasteiger partial charge in [0, 0.05) is 0 Å². The Labute approximate surface area is 212 Å². The van der Waals surface area contributed by atoms with Crippen molar-refractivity contribution in [2.45, 2.75) is 103 Å². The van der Waals surface area contributed by atoms with Crippen molar-refractivity contribution in [3.05, 3.63) is 54.1 Å². The smallest absolute Gasteiger partial charge is 0.200 e. The Balaban J connectivity index is 1.18. The molecule has 0 aliphatic heterocycles. The Kier molecular flexibility index (Phi) is 9.86. The third-order valence-electron chi connectivity index (χ3n) is 9.40. The van der Waals surface area contributed by atoms with Gasteiger partial charge in [-0.3, -0.25) is 0 Å². The number of ether oxygens (including phenoxy) is 1. The second-order valence-corrected chi connectivity index (χ2v) is 11.5. The van der Waals surface area contributed by atoms with Gasteiger partial charge in [0.25, 0.3) is 0 Å². The van der Waals surface area contributed by atoms with E-state index in [2.05, 4.69) is 24.8 Å². The van der Waals surface area contributed by atoms with Crippen molar-refractivity contribution >= 4 is 0 Å². The lowest BCUT2D eigenvalue weighted by Crippen LogP contribution is -2.25. The van der Waals surface area contributed by atoms with Gasteiger partial charge in [0.15, 0.2) is 11.6 Å². The number of allylic oxidation sites excluding steroid dienone is 3. The van der Waals surface area contributed by atoms with E-state index in [9.17, 15) is 8.78 Å². The molecule has 0 spiro atoms. The summed E-state index contributed by atoms with van der Waals surface area (Å²) in [5.74, 6) is 2.81. The molecule has 1 aromatic carbocycles. The Morgan fingerprint density at radius 1 is 0.800 bits per heavy atom. The number of hydrogen-bond acceptors (Lipinski definition) is 1. The van der Waals surface area contributed by atoms with E-state index < -0.39 is 11.6 Å². The lowest BCUT2D eigenvalue weighted by atomic mass is 9.68. The highest BCUT2D eigenvalue weighted by Crippen LogP contribution is 2.43. The van der Waals surface area contributed by atoms with Crippen LogP contribution in [0.1, 0.15) is 108 Å². The third-order valence-corrected chi connectivity index (χ3v) is 9.40. The van der Waals surface area contributed by atoms with Gasteiger partial charge in [-0.2, -0.15) is 4.39 Å². The molecule has 35 heavy (non-hydrogen) atoms. The van der Waals surface area contributed by atoms with Gasteiger partial charge in [-0.1, -0.05) is 37.1 Å². The van der Waals surface area contributed by atoms with Crippen molar-refractivity contribution < 1.29 is 13.5 Å². The van der Waals surface area contributed by atoms with E-state index in [0.29, 0.717) is 18.1 Å². The molecule has 0 N–H and O–H groups in total. The summed E-state index contributed by atoms with van der Waals surface area (Å²) in [4.78, 5) is 0. The van der Waals surface area contributed by atoms with Crippen LogP contribution in [0, 0.1) is 41.2 Å².